The summed E-state index contributed by atoms with van der Waals surface area (Å²) in [5, 5.41) is 11.0. The zero-order chi connectivity index (χ0) is 11.4. The number of allylic oxidation sites excluding steroid dienone is 2. The highest BCUT2D eigenvalue weighted by Crippen LogP contribution is 2.60. The Hall–Kier alpha value is -0.340. The van der Waals surface area contributed by atoms with Crippen LogP contribution in [0.15, 0.2) is 10.6 Å². The highest BCUT2D eigenvalue weighted by molar-refractivity contribution is 6.29. The monoisotopic (exact) mass is 240 g/mol. The summed E-state index contributed by atoms with van der Waals surface area (Å²) in [6.45, 7) is 1.93. The molecule has 0 spiro atoms. The van der Waals surface area contributed by atoms with Crippen molar-refractivity contribution >= 4 is 17.4 Å². The van der Waals surface area contributed by atoms with Crippen LogP contribution < -0.4 is 0 Å². The molecule has 0 aromatic heterocycles. The van der Waals surface area contributed by atoms with Crippen molar-refractivity contribution in [2.45, 2.75) is 38.7 Å². The summed E-state index contributed by atoms with van der Waals surface area (Å²) in [6, 6.07) is 0. The van der Waals surface area contributed by atoms with Crippen LogP contribution in [0.25, 0.3) is 0 Å². The molecule has 3 rings (SSSR count). The maximum absolute atomic E-state index is 12.0. The van der Waals surface area contributed by atoms with Crippen LogP contribution in [0.1, 0.15) is 32.6 Å². The second-order valence-corrected chi connectivity index (χ2v) is 6.02. The number of carbonyl (C=O) groups is 1. The minimum atomic E-state index is -0.288. The van der Waals surface area contributed by atoms with Gasteiger partial charge < -0.3 is 5.11 Å². The average Bonchev–Trinajstić information content (AvgIpc) is 2.79. The quantitative estimate of drug-likeness (QED) is 0.707. The Morgan fingerprint density at radius 2 is 2.00 bits per heavy atom. The molecule has 0 radical (unpaired) electrons. The van der Waals surface area contributed by atoms with Crippen molar-refractivity contribution < 1.29 is 9.90 Å². The van der Waals surface area contributed by atoms with Gasteiger partial charge in [-0.15, -0.1) is 0 Å². The van der Waals surface area contributed by atoms with E-state index in [9.17, 15) is 9.90 Å². The number of hydrogen-bond acceptors (Lipinski definition) is 2. The Labute approximate surface area is 101 Å². The molecule has 88 valence electrons. The number of halogens is 1. The minimum Gasteiger partial charge on any atom is -0.393 e. The van der Waals surface area contributed by atoms with Crippen LogP contribution in [0.4, 0.5) is 0 Å². The maximum atomic E-state index is 12.0. The van der Waals surface area contributed by atoms with Gasteiger partial charge in [-0.25, -0.2) is 0 Å². The van der Waals surface area contributed by atoms with Gasteiger partial charge in [0, 0.05) is 23.3 Å². The van der Waals surface area contributed by atoms with Gasteiger partial charge in [-0.1, -0.05) is 11.6 Å². The second-order valence-electron chi connectivity index (χ2n) is 5.45. The second kappa shape index (κ2) is 3.58. The molecule has 0 aromatic rings. The van der Waals surface area contributed by atoms with Crippen LogP contribution in [0.3, 0.4) is 0 Å². The van der Waals surface area contributed by atoms with Gasteiger partial charge in [0.1, 0.15) is 5.78 Å². The van der Waals surface area contributed by atoms with E-state index in [4.69, 9.17) is 11.6 Å². The molecule has 2 bridgehead atoms. The van der Waals surface area contributed by atoms with E-state index in [0.717, 1.165) is 17.9 Å². The lowest BCUT2D eigenvalue weighted by atomic mass is 9.69. The third-order valence-electron chi connectivity index (χ3n) is 4.80. The van der Waals surface area contributed by atoms with Crippen molar-refractivity contribution in [3.8, 4) is 0 Å². The van der Waals surface area contributed by atoms with Crippen molar-refractivity contribution in [2.24, 2.45) is 23.7 Å². The van der Waals surface area contributed by atoms with E-state index >= 15 is 0 Å². The molecule has 0 aliphatic heterocycles. The molecule has 5 atom stereocenters. The molecule has 3 heteroatoms. The standard InChI is InChI=1S/C13H17ClO2/c1-6(14)11-7-2-3-8(11)13-10(16)5-4-9(15)12(7)13/h7-9,12-13,15H,2-5H2,1H3/b11-6+/t7?,8?,9-,12+,13-/m1/s1. The van der Waals surface area contributed by atoms with Crippen LogP contribution in [0.5, 0.6) is 0 Å². The smallest absolute Gasteiger partial charge is 0.137 e. The molecule has 3 fully saturated rings. The third-order valence-corrected chi connectivity index (χ3v) is 5.02. The highest BCUT2D eigenvalue weighted by Gasteiger charge is 2.57. The van der Waals surface area contributed by atoms with Crippen molar-refractivity contribution in [3.63, 3.8) is 0 Å². The first-order valence-corrected chi connectivity index (χ1v) is 6.56. The van der Waals surface area contributed by atoms with E-state index in [2.05, 4.69) is 0 Å². The first-order valence-electron chi connectivity index (χ1n) is 6.18. The fourth-order valence-corrected chi connectivity index (χ4v) is 4.62. The third kappa shape index (κ3) is 1.26. The Kier molecular flexibility index (Phi) is 2.41. The molecule has 16 heavy (non-hydrogen) atoms. The number of rotatable bonds is 0. The van der Waals surface area contributed by atoms with Crippen molar-refractivity contribution in [3.05, 3.63) is 10.6 Å². The summed E-state index contributed by atoms with van der Waals surface area (Å²) in [5.74, 6) is 1.33. The summed E-state index contributed by atoms with van der Waals surface area (Å²) in [6.07, 6.45) is 3.11. The van der Waals surface area contributed by atoms with Crippen molar-refractivity contribution in [2.75, 3.05) is 0 Å². The number of aliphatic hydroxyl groups is 1. The number of Topliss-reactive ketones (excluding diaryl/α,β-unsaturated/α-hetero) is 1. The fraction of sp³-hybridized carbons (Fsp3) is 0.769. The van der Waals surface area contributed by atoms with Gasteiger partial charge in [-0.3, -0.25) is 4.79 Å². The molecule has 3 aliphatic carbocycles. The first kappa shape index (κ1) is 10.8. The largest absolute Gasteiger partial charge is 0.393 e. The molecule has 2 unspecified atom stereocenters. The summed E-state index contributed by atoms with van der Waals surface area (Å²) < 4.78 is 0. The predicted molar refractivity (Wildman–Crippen MR) is 62.0 cm³/mol. The van der Waals surface area contributed by atoms with E-state index in [1.54, 1.807) is 0 Å². The molecule has 0 heterocycles. The summed E-state index contributed by atoms with van der Waals surface area (Å²) in [5.41, 5.74) is 1.28. The highest BCUT2D eigenvalue weighted by atomic mass is 35.5. The molecule has 3 aliphatic rings. The van der Waals surface area contributed by atoms with Gasteiger partial charge in [-0.05, 0) is 43.6 Å². The number of carbonyl (C=O) groups excluding carboxylic acids is 1. The minimum absolute atomic E-state index is 0.0752. The van der Waals surface area contributed by atoms with Gasteiger partial charge in [-0.2, -0.15) is 0 Å². The van der Waals surface area contributed by atoms with Crippen LogP contribution in [0, 0.1) is 23.7 Å². The van der Waals surface area contributed by atoms with Gasteiger partial charge in [0.15, 0.2) is 0 Å². The SMILES string of the molecule is C/C(Cl)=C1/C2CCC1[C@@H]1C(=O)CC[C@@H](O)[C@H]21. The molecule has 0 amide bonds. The summed E-state index contributed by atoms with van der Waals surface area (Å²) >= 11 is 6.16. The van der Waals surface area contributed by atoms with Gasteiger partial charge >= 0.3 is 0 Å². The number of aliphatic hydroxyl groups excluding tert-OH is 1. The van der Waals surface area contributed by atoms with E-state index < -0.39 is 0 Å². The van der Waals surface area contributed by atoms with Gasteiger partial charge in [0.25, 0.3) is 0 Å². The van der Waals surface area contributed by atoms with Crippen LogP contribution in [-0.2, 0) is 4.79 Å². The molecule has 1 N–H and O–H groups in total. The lowest BCUT2D eigenvalue weighted by Crippen LogP contribution is -2.41. The number of ketones is 1. The first-order chi connectivity index (χ1) is 7.61. The molecular weight excluding hydrogens is 224 g/mol. The summed E-state index contributed by atoms with van der Waals surface area (Å²) in [4.78, 5) is 12.0. The molecule has 0 saturated heterocycles. The zero-order valence-electron chi connectivity index (χ0n) is 9.45. The lowest BCUT2D eigenvalue weighted by Gasteiger charge is -2.36. The molecule has 3 saturated carbocycles. The molecular formula is C13H17ClO2. The predicted octanol–water partition coefficient (Wildman–Crippen LogP) is 2.50. The Bertz CT molecular complexity index is 370. The normalized spacial score (nSPS) is 49.4. The Balaban J connectivity index is 2.04. The van der Waals surface area contributed by atoms with E-state index in [1.807, 2.05) is 6.92 Å². The Morgan fingerprint density at radius 1 is 1.31 bits per heavy atom. The van der Waals surface area contributed by atoms with Crippen LogP contribution in [0.2, 0.25) is 0 Å². The van der Waals surface area contributed by atoms with E-state index in [1.165, 1.54) is 5.57 Å². The summed E-state index contributed by atoms with van der Waals surface area (Å²) in [7, 11) is 0. The van der Waals surface area contributed by atoms with Gasteiger partial charge in [0.2, 0.25) is 0 Å². The van der Waals surface area contributed by atoms with E-state index in [0.29, 0.717) is 30.5 Å². The van der Waals surface area contributed by atoms with Crippen molar-refractivity contribution in [1.82, 2.24) is 0 Å². The Morgan fingerprint density at radius 3 is 2.62 bits per heavy atom. The van der Waals surface area contributed by atoms with E-state index in [-0.39, 0.29) is 17.9 Å². The maximum Gasteiger partial charge on any atom is 0.137 e. The topological polar surface area (TPSA) is 37.3 Å². The number of hydrogen-bond donors (Lipinski definition) is 1. The van der Waals surface area contributed by atoms with Gasteiger partial charge in [0.05, 0.1) is 6.10 Å². The molecule has 0 aromatic carbocycles. The fourth-order valence-electron chi connectivity index (χ4n) is 4.34. The van der Waals surface area contributed by atoms with Crippen molar-refractivity contribution in [1.29, 1.82) is 0 Å². The zero-order valence-corrected chi connectivity index (χ0v) is 10.2. The number of fused-ring (bicyclic) bond motifs is 5. The van der Waals surface area contributed by atoms with Crippen LogP contribution in [-0.4, -0.2) is 17.0 Å². The van der Waals surface area contributed by atoms with Crippen LogP contribution >= 0.6 is 11.6 Å². The molecule has 2 nitrogen and oxygen atoms in total. The lowest BCUT2D eigenvalue weighted by molar-refractivity contribution is -0.133. The average molecular weight is 241 g/mol.